The third-order valence-electron chi connectivity index (χ3n) is 3.31. The van der Waals surface area contributed by atoms with Crippen molar-refractivity contribution in [3.05, 3.63) is 34.4 Å². The highest BCUT2D eigenvalue weighted by molar-refractivity contribution is 5.76. The first-order chi connectivity index (χ1) is 11.5. The molecule has 8 heteroatoms. The van der Waals surface area contributed by atoms with Gasteiger partial charge in [-0.1, -0.05) is 12.1 Å². The van der Waals surface area contributed by atoms with Crippen molar-refractivity contribution in [2.75, 3.05) is 28.4 Å². The van der Waals surface area contributed by atoms with E-state index in [2.05, 4.69) is 9.78 Å². The summed E-state index contributed by atoms with van der Waals surface area (Å²) >= 11 is 0. The highest BCUT2D eigenvalue weighted by Gasteiger charge is 2.16. The zero-order valence-corrected chi connectivity index (χ0v) is 14.2. The maximum Gasteiger partial charge on any atom is 0.309 e. The number of methoxy groups -OCH3 is 2. The van der Waals surface area contributed by atoms with E-state index in [1.54, 1.807) is 12.1 Å². The van der Waals surface area contributed by atoms with Gasteiger partial charge in [0, 0.05) is 0 Å². The fourth-order valence-electron chi connectivity index (χ4n) is 2.09. The predicted molar refractivity (Wildman–Crippen MR) is 81.5 cm³/mol. The van der Waals surface area contributed by atoms with Crippen LogP contribution in [0.2, 0.25) is 0 Å². The molecular formula is C16H22O8. The number of carbonyl (C=O) groups is 2. The number of rotatable bonds is 10. The van der Waals surface area contributed by atoms with Crippen molar-refractivity contribution in [2.24, 2.45) is 0 Å². The van der Waals surface area contributed by atoms with Crippen molar-refractivity contribution < 1.29 is 38.6 Å². The van der Waals surface area contributed by atoms with Gasteiger partial charge in [-0.3, -0.25) is 9.59 Å². The second-order valence-corrected chi connectivity index (χ2v) is 4.75. The van der Waals surface area contributed by atoms with Gasteiger partial charge in [0.25, 0.3) is 0 Å². The molecule has 8 nitrogen and oxygen atoms in total. The summed E-state index contributed by atoms with van der Waals surface area (Å²) in [6.07, 6.45) is 0.0441. The highest BCUT2D eigenvalue weighted by Crippen LogP contribution is 2.21. The van der Waals surface area contributed by atoms with E-state index in [1.165, 1.54) is 28.4 Å². The summed E-state index contributed by atoms with van der Waals surface area (Å²) in [5.41, 5.74) is 2.76. The van der Waals surface area contributed by atoms with Gasteiger partial charge in [0.1, 0.15) is 13.2 Å². The van der Waals surface area contributed by atoms with Gasteiger partial charge >= 0.3 is 11.9 Å². The Morgan fingerprint density at radius 1 is 0.708 bits per heavy atom. The first-order valence-electron chi connectivity index (χ1n) is 7.14. The van der Waals surface area contributed by atoms with Crippen molar-refractivity contribution in [3.8, 4) is 0 Å². The molecule has 0 heterocycles. The molecule has 0 amide bonds. The molecule has 0 N–H and O–H groups in total. The van der Waals surface area contributed by atoms with Gasteiger partial charge < -0.3 is 9.47 Å². The van der Waals surface area contributed by atoms with Crippen LogP contribution in [0, 0.1) is 0 Å². The highest BCUT2D eigenvalue weighted by atomic mass is 17.2. The first kappa shape index (κ1) is 20.0. The summed E-state index contributed by atoms with van der Waals surface area (Å²) in [5.74, 6) is -0.832. The van der Waals surface area contributed by atoms with E-state index in [0.717, 1.165) is 11.1 Å². The van der Waals surface area contributed by atoms with E-state index in [9.17, 15) is 9.59 Å². The largest absolute Gasteiger partial charge is 0.469 e. The Morgan fingerprint density at radius 3 is 1.38 bits per heavy atom. The number of hydrogen-bond donors (Lipinski definition) is 0. The molecule has 24 heavy (non-hydrogen) atoms. The van der Waals surface area contributed by atoms with E-state index in [0.29, 0.717) is 11.1 Å². The molecule has 0 spiro atoms. The number of benzene rings is 1. The minimum atomic E-state index is -0.416. The van der Waals surface area contributed by atoms with E-state index in [1.807, 2.05) is 0 Å². The Kier molecular flexibility index (Phi) is 8.95. The molecule has 134 valence electrons. The van der Waals surface area contributed by atoms with Crippen molar-refractivity contribution in [1.29, 1.82) is 0 Å². The summed E-state index contributed by atoms with van der Waals surface area (Å²) in [5, 5.41) is 0. The van der Waals surface area contributed by atoms with Gasteiger partial charge in [0.15, 0.2) is 0 Å². The normalized spacial score (nSPS) is 10.5. The molecule has 0 aliphatic rings. The average molecular weight is 342 g/mol. The van der Waals surface area contributed by atoms with E-state index in [4.69, 9.17) is 19.2 Å². The van der Waals surface area contributed by atoms with Gasteiger partial charge in [0.2, 0.25) is 0 Å². The predicted octanol–water partition coefficient (Wildman–Crippen LogP) is 1.27. The summed E-state index contributed by atoms with van der Waals surface area (Å²) < 4.78 is 9.40. The fraction of sp³-hybridized carbons (Fsp3) is 0.500. The molecule has 0 bridgehead atoms. The summed E-state index contributed by atoms with van der Waals surface area (Å²) in [6, 6.07) is 3.51. The quantitative estimate of drug-likeness (QED) is 0.357. The minimum absolute atomic E-state index is 0.0220. The Hall–Kier alpha value is -2.00. The number of esters is 2. The lowest BCUT2D eigenvalue weighted by atomic mass is 9.95. The SMILES string of the molecule is COOCc1cc(CC(=O)OC)c(CC(=O)OC)cc1COOC. The molecule has 0 radical (unpaired) electrons. The van der Waals surface area contributed by atoms with Gasteiger partial charge in [-0.2, -0.15) is 0 Å². The summed E-state index contributed by atoms with van der Waals surface area (Å²) in [7, 11) is 5.40. The lowest BCUT2D eigenvalue weighted by molar-refractivity contribution is -0.287. The second-order valence-electron chi connectivity index (χ2n) is 4.75. The van der Waals surface area contributed by atoms with E-state index in [-0.39, 0.29) is 26.1 Å². The molecular weight excluding hydrogens is 320 g/mol. The first-order valence-corrected chi connectivity index (χ1v) is 7.14. The topological polar surface area (TPSA) is 89.5 Å². The Bertz CT molecular complexity index is 506. The zero-order valence-electron chi connectivity index (χ0n) is 14.2. The molecule has 0 saturated carbocycles. The maximum atomic E-state index is 11.6. The van der Waals surface area contributed by atoms with Crippen LogP contribution in [0.4, 0.5) is 0 Å². The van der Waals surface area contributed by atoms with Gasteiger partial charge in [-0.15, -0.1) is 0 Å². The van der Waals surface area contributed by atoms with Crippen LogP contribution in [0.15, 0.2) is 12.1 Å². The van der Waals surface area contributed by atoms with Crippen LogP contribution in [-0.2, 0) is 64.7 Å². The number of hydrogen-bond acceptors (Lipinski definition) is 8. The van der Waals surface area contributed by atoms with Gasteiger partial charge in [0.05, 0.1) is 41.3 Å². The Balaban J connectivity index is 3.23. The smallest absolute Gasteiger partial charge is 0.309 e. The van der Waals surface area contributed by atoms with Crippen molar-refractivity contribution >= 4 is 11.9 Å². The Morgan fingerprint density at radius 2 is 1.08 bits per heavy atom. The molecule has 0 unspecified atom stereocenters. The van der Waals surface area contributed by atoms with Crippen LogP contribution in [0.3, 0.4) is 0 Å². The fourth-order valence-corrected chi connectivity index (χ4v) is 2.09. The molecule has 0 atom stereocenters. The molecule has 0 fully saturated rings. The molecule has 0 aliphatic heterocycles. The summed E-state index contributed by atoms with van der Waals surface area (Å²) in [4.78, 5) is 42.4. The third kappa shape index (κ3) is 6.25. The van der Waals surface area contributed by atoms with Crippen LogP contribution in [0.25, 0.3) is 0 Å². The lowest BCUT2D eigenvalue weighted by Crippen LogP contribution is -2.13. The number of carbonyl (C=O) groups excluding carboxylic acids is 2. The zero-order chi connectivity index (χ0) is 17.9. The van der Waals surface area contributed by atoms with Gasteiger partial charge in [-0.25, -0.2) is 19.6 Å². The molecule has 1 aromatic carbocycles. The molecule has 0 aliphatic carbocycles. The van der Waals surface area contributed by atoms with Crippen LogP contribution in [0.5, 0.6) is 0 Å². The molecule has 0 saturated heterocycles. The average Bonchev–Trinajstić information content (AvgIpc) is 2.59. The minimum Gasteiger partial charge on any atom is -0.469 e. The molecule has 0 aromatic heterocycles. The molecule has 1 rings (SSSR count). The Labute approximate surface area is 140 Å². The maximum absolute atomic E-state index is 11.6. The van der Waals surface area contributed by atoms with Gasteiger partial charge in [-0.05, 0) is 22.3 Å². The van der Waals surface area contributed by atoms with Crippen molar-refractivity contribution in [1.82, 2.24) is 0 Å². The van der Waals surface area contributed by atoms with Crippen LogP contribution in [0.1, 0.15) is 22.3 Å². The van der Waals surface area contributed by atoms with E-state index >= 15 is 0 Å². The lowest BCUT2D eigenvalue weighted by Gasteiger charge is -2.15. The van der Waals surface area contributed by atoms with Crippen LogP contribution in [-0.4, -0.2) is 40.4 Å². The van der Waals surface area contributed by atoms with Crippen LogP contribution >= 0.6 is 0 Å². The third-order valence-corrected chi connectivity index (χ3v) is 3.31. The monoisotopic (exact) mass is 342 g/mol. The number of ether oxygens (including phenoxy) is 2. The molecule has 1 aromatic rings. The van der Waals surface area contributed by atoms with Crippen LogP contribution < -0.4 is 0 Å². The second kappa shape index (κ2) is 10.7. The van der Waals surface area contributed by atoms with Crippen molar-refractivity contribution in [2.45, 2.75) is 26.1 Å². The standard InChI is InChI=1S/C16H22O8/c1-19-15(17)7-11-5-13(9-23-21-3)14(10-24-22-4)6-12(11)8-16(18)20-2/h5-6H,7-10H2,1-4H3. The van der Waals surface area contributed by atoms with E-state index < -0.39 is 11.9 Å². The summed E-state index contributed by atoms with van der Waals surface area (Å²) in [6.45, 7) is 0.289. The van der Waals surface area contributed by atoms with Crippen molar-refractivity contribution in [3.63, 3.8) is 0 Å².